The Bertz CT molecular complexity index is 921. The number of thiophene rings is 1. The standard InChI is InChI=1S/C17H12Cl2N2O4S/c18-11-3-1-10(2-4-11)17-20-15(25-21-17)7-8-16(23)24-9-12(22)13-5-6-14(19)26-13/h1-6H,7-9H2. The number of carbonyl (C=O) groups is 2. The molecule has 9 heteroatoms. The van der Waals surface area contributed by atoms with E-state index in [-0.39, 0.29) is 25.2 Å². The van der Waals surface area contributed by atoms with Gasteiger partial charge in [-0.15, -0.1) is 11.3 Å². The zero-order valence-corrected chi connectivity index (χ0v) is 15.6. The number of benzene rings is 1. The average Bonchev–Trinajstić information content (AvgIpc) is 3.27. The van der Waals surface area contributed by atoms with Crippen LogP contribution in [0.5, 0.6) is 0 Å². The first kappa shape index (κ1) is 18.6. The fraction of sp³-hybridized carbons (Fsp3) is 0.176. The zero-order chi connectivity index (χ0) is 18.5. The van der Waals surface area contributed by atoms with Crippen LogP contribution in [0.4, 0.5) is 0 Å². The van der Waals surface area contributed by atoms with Crippen LogP contribution < -0.4 is 0 Å². The lowest BCUT2D eigenvalue weighted by atomic mass is 10.2. The third kappa shape index (κ3) is 4.91. The summed E-state index contributed by atoms with van der Waals surface area (Å²) in [7, 11) is 0. The van der Waals surface area contributed by atoms with E-state index in [2.05, 4.69) is 10.1 Å². The summed E-state index contributed by atoms with van der Waals surface area (Å²) in [4.78, 5) is 28.3. The fourth-order valence-electron chi connectivity index (χ4n) is 2.04. The lowest BCUT2D eigenvalue weighted by Gasteiger charge is -2.01. The van der Waals surface area contributed by atoms with Crippen LogP contribution >= 0.6 is 34.5 Å². The van der Waals surface area contributed by atoms with Crippen molar-refractivity contribution in [2.45, 2.75) is 12.8 Å². The number of nitrogens with zero attached hydrogens (tertiary/aromatic N) is 2. The number of aromatic nitrogens is 2. The van der Waals surface area contributed by atoms with Crippen LogP contribution in [-0.2, 0) is 16.0 Å². The molecule has 0 saturated carbocycles. The molecular formula is C17H12Cl2N2O4S. The number of Topliss-reactive ketones (excluding diaryl/α,β-unsaturated/α-hetero) is 1. The minimum atomic E-state index is -0.521. The summed E-state index contributed by atoms with van der Waals surface area (Å²) >= 11 is 12.7. The van der Waals surface area contributed by atoms with Crippen LogP contribution in [0.25, 0.3) is 11.4 Å². The number of hydrogen-bond acceptors (Lipinski definition) is 7. The molecule has 0 bridgehead atoms. The van der Waals surface area contributed by atoms with Crippen molar-refractivity contribution in [2.24, 2.45) is 0 Å². The summed E-state index contributed by atoms with van der Waals surface area (Å²) in [6.07, 6.45) is 0.249. The Kier molecular flexibility index (Phi) is 6.03. The highest BCUT2D eigenvalue weighted by molar-refractivity contribution is 7.18. The van der Waals surface area contributed by atoms with E-state index in [1.165, 1.54) is 0 Å². The largest absolute Gasteiger partial charge is 0.457 e. The first-order chi connectivity index (χ1) is 12.5. The molecule has 0 aliphatic rings. The van der Waals surface area contributed by atoms with Gasteiger partial charge in [-0.3, -0.25) is 9.59 Å². The van der Waals surface area contributed by atoms with Gasteiger partial charge in [0.25, 0.3) is 0 Å². The SMILES string of the molecule is O=C(CCc1nc(-c2ccc(Cl)cc2)no1)OCC(=O)c1ccc(Cl)s1. The molecule has 1 aromatic carbocycles. The maximum Gasteiger partial charge on any atom is 0.306 e. The molecule has 0 fully saturated rings. The molecule has 3 rings (SSSR count). The smallest absolute Gasteiger partial charge is 0.306 e. The van der Waals surface area contributed by atoms with E-state index < -0.39 is 5.97 Å². The molecule has 2 heterocycles. The van der Waals surface area contributed by atoms with E-state index in [1.54, 1.807) is 36.4 Å². The average molecular weight is 411 g/mol. The molecule has 6 nitrogen and oxygen atoms in total. The second kappa shape index (κ2) is 8.44. The topological polar surface area (TPSA) is 82.3 Å². The Morgan fingerprint density at radius 2 is 1.88 bits per heavy atom. The fourth-order valence-corrected chi connectivity index (χ4v) is 3.13. The molecule has 134 valence electrons. The number of hydrogen-bond donors (Lipinski definition) is 0. The summed E-state index contributed by atoms with van der Waals surface area (Å²) in [5, 5.41) is 4.47. The molecule has 0 amide bonds. The summed E-state index contributed by atoms with van der Waals surface area (Å²) in [5.74, 6) is -0.0941. The molecule has 0 radical (unpaired) electrons. The molecule has 3 aromatic rings. The normalized spacial score (nSPS) is 10.7. The summed E-state index contributed by atoms with van der Waals surface area (Å²) < 4.78 is 10.6. The van der Waals surface area contributed by atoms with Gasteiger partial charge < -0.3 is 9.26 Å². The number of ether oxygens (including phenoxy) is 1. The number of ketones is 1. The Hall–Kier alpha value is -2.22. The summed E-state index contributed by atoms with van der Waals surface area (Å²) in [5.41, 5.74) is 0.757. The van der Waals surface area contributed by atoms with E-state index in [0.29, 0.717) is 26.0 Å². The van der Waals surface area contributed by atoms with Crippen LogP contribution in [0.2, 0.25) is 9.36 Å². The van der Waals surface area contributed by atoms with Crippen LogP contribution in [0.3, 0.4) is 0 Å². The van der Waals surface area contributed by atoms with Gasteiger partial charge in [-0.1, -0.05) is 28.4 Å². The minimum absolute atomic E-state index is 0.0285. The predicted molar refractivity (Wildman–Crippen MR) is 97.7 cm³/mol. The maximum absolute atomic E-state index is 11.8. The minimum Gasteiger partial charge on any atom is -0.457 e. The van der Waals surface area contributed by atoms with Crippen LogP contribution in [-0.4, -0.2) is 28.5 Å². The van der Waals surface area contributed by atoms with Gasteiger partial charge in [-0.25, -0.2) is 0 Å². The summed E-state index contributed by atoms with van der Waals surface area (Å²) in [6, 6.07) is 10.2. The van der Waals surface area contributed by atoms with Gasteiger partial charge in [0.15, 0.2) is 6.61 Å². The van der Waals surface area contributed by atoms with Crippen LogP contribution in [0.15, 0.2) is 40.9 Å². The molecule has 0 aliphatic heterocycles. The molecule has 0 unspecified atom stereocenters. The van der Waals surface area contributed by atoms with E-state index in [4.69, 9.17) is 32.5 Å². The van der Waals surface area contributed by atoms with Gasteiger partial charge >= 0.3 is 5.97 Å². The molecule has 2 aromatic heterocycles. The van der Waals surface area contributed by atoms with Gasteiger partial charge in [0.05, 0.1) is 15.6 Å². The van der Waals surface area contributed by atoms with Crippen molar-refractivity contribution in [3.05, 3.63) is 56.5 Å². The lowest BCUT2D eigenvalue weighted by molar-refractivity contribution is -0.142. The Morgan fingerprint density at radius 1 is 1.12 bits per heavy atom. The Labute approximate surface area is 162 Å². The van der Waals surface area contributed by atoms with E-state index in [9.17, 15) is 9.59 Å². The molecule has 0 aliphatic carbocycles. The second-order valence-electron chi connectivity index (χ2n) is 5.21. The number of halogens is 2. The number of esters is 1. The number of aryl methyl sites for hydroxylation is 1. The zero-order valence-electron chi connectivity index (χ0n) is 13.3. The van der Waals surface area contributed by atoms with Gasteiger partial charge in [0, 0.05) is 17.0 Å². The highest BCUT2D eigenvalue weighted by Gasteiger charge is 2.14. The molecule has 26 heavy (non-hydrogen) atoms. The predicted octanol–water partition coefficient (Wildman–Crippen LogP) is 4.46. The van der Waals surface area contributed by atoms with Crippen molar-refractivity contribution in [2.75, 3.05) is 6.61 Å². The van der Waals surface area contributed by atoms with Gasteiger partial charge in [0.1, 0.15) is 0 Å². The van der Waals surface area contributed by atoms with E-state index in [1.807, 2.05) is 0 Å². The molecule has 0 N–H and O–H groups in total. The van der Waals surface area contributed by atoms with Crippen molar-refractivity contribution in [1.82, 2.24) is 10.1 Å². The highest BCUT2D eigenvalue weighted by atomic mass is 35.5. The van der Waals surface area contributed by atoms with Crippen molar-refractivity contribution >= 4 is 46.3 Å². The molecule has 0 atom stereocenters. The second-order valence-corrected chi connectivity index (χ2v) is 7.36. The Morgan fingerprint density at radius 3 is 2.58 bits per heavy atom. The van der Waals surface area contributed by atoms with Crippen LogP contribution in [0.1, 0.15) is 22.0 Å². The van der Waals surface area contributed by atoms with Crippen molar-refractivity contribution in [3.63, 3.8) is 0 Å². The van der Waals surface area contributed by atoms with Gasteiger partial charge in [-0.2, -0.15) is 4.98 Å². The maximum atomic E-state index is 11.8. The van der Waals surface area contributed by atoms with Crippen molar-refractivity contribution in [3.8, 4) is 11.4 Å². The molecule has 0 spiro atoms. The third-order valence-corrected chi connectivity index (χ3v) is 4.85. The number of rotatable bonds is 7. The quantitative estimate of drug-likeness (QED) is 0.422. The molecular weight excluding hydrogens is 399 g/mol. The van der Waals surface area contributed by atoms with Crippen LogP contribution in [0, 0.1) is 0 Å². The highest BCUT2D eigenvalue weighted by Crippen LogP contribution is 2.22. The monoisotopic (exact) mass is 410 g/mol. The van der Waals surface area contributed by atoms with Gasteiger partial charge in [0.2, 0.25) is 17.5 Å². The third-order valence-electron chi connectivity index (χ3n) is 3.33. The first-order valence-electron chi connectivity index (χ1n) is 7.54. The van der Waals surface area contributed by atoms with E-state index >= 15 is 0 Å². The van der Waals surface area contributed by atoms with Crippen molar-refractivity contribution in [1.29, 1.82) is 0 Å². The Balaban J connectivity index is 1.47. The van der Waals surface area contributed by atoms with Gasteiger partial charge in [-0.05, 0) is 36.4 Å². The first-order valence-corrected chi connectivity index (χ1v) is 9.11. The lowest BCUT2D eigenvalue weighted by Crippen LogP contribution is -2.13. The van der Waals surface area contributed by atoms with Crippen molar-refractivity contribution < 1.29 is 18.8 Å². The number of carbonyl (C=O) groups excluding carboxylic acids is 2. The molecule has 0 saturated heterocycles. The van der Waals surface area contributed by atoms with E-state index in [0.717, 1.165) is 16.9 Å². The summed E-state index contributed by atoms with van der Waals surface area (Å²) in [6.45, 7) is -0.324.